The zero-order valence-electron chi connectivity index (χ0n) is 19.9. The average molecular weight is 462 g/mol. The maximum Gasteiger partial charge on any atom is 0.229 e. The van der Waals surface area contributed by atoms with Crippen LogP contribution >= 0.6 is 0 Å². The fourth-order valence-corrected chi connectivity index (χ4v) is 3.91. The van der Waals surface area contributed by atoms with Crippen LogP contribution < -0.4 is 20.7 Å². The molecular weight excluding hydrogens is 430 g/mol. The molecule has 2 aromatic heterocycles. The van der Waals surface area contributed by atoms with Gasteiger partial charge in [0.05, 0.1) is 5.56 Å². The minimum atomic E-state index is 0.342. The van der Waals surface area contributed by atoms with Gasteiger partial charge in [-0.25, -0.2) is 15.4 Å². The predicted octanol–water partition coefficient (Wildman–Crippen LogP) is 2.66. The number of hydrazine groups is 1. The third-order valence-corrected chi connectivity index (χ3v) is 5.75. The molecule has 0 amide bonds. The summed E-state index contributed by atoms with van der Waals surface area (Å²) in [5, 5.41) is 9.38. The van der Waals surface area contributed by atoms with E-state index in [1.165, 1.54) is 17.4 Å². The number of rotatable bonds is 9. The second kappa shape index (κ2) is 10.4. The third-order valence-electron chi connectivity index (χ3n) is 5.75. The number of aldehydes is 1. The Bertz CT molecular complexity index is 1150. The summed E-state index contributed by atoms with van der Waals surface area (Å²) < 4.78 is 1.68. The number of nitrogens with zero attached hydrogens (tertiary/aromatic N) is 7. The molecule has 10 heteroatoms. The zero-order chi connectivity index (χ0) is 24.1. The van der Waals surface area contributed by atoms with E-state index in [1.807, 2.05) is 25.4 Å². The molecule has 10 nitrogen and oxygen atoms in total. The molecule has 4 rings (SSSR count). The van der Waals surface area contributed by atoms with E-state index in [0.29, 0.717) is 29.7 Å². The van der Waals surface area contributed by atoms with Crippen LogP contribution in [0.25, 0.3) is 0 Å². The summed E-state index contributed by atoms with van der Waals surface area (Å²) in [6.07, 6.45) is 5.79. The van der Waals surface area contributed by atoms with Crippen molar-refractivity contribution in [3.63, 3.8) is 0 Å². The fourth-order valence-electron chi connectivity index (χ4n) is 3.91. The van der Waals surface area contributed by atoms with Crippen molar-refractivity contribution in [2.45, 2.75) is 6.92 Å². The Hall–Kier alpha value is -3.76. The van der Waals surface area contributed by atoms with Gasteiger partial charge < -0.3 is 15.1 Å². The monoisotopic (exact) mass is 461 g/mol. The van der Waals surface area contributed by atoms with Crippen LogP contribution in [0.3, 0.4) is 0 Å². The van der Waals surface area contributed by atoms with Crippen molar-refractivity contribution in [3.8, 4) is 0 Å². The molecule has 1 aromatic carbocycles. The minimum absolute atomic E-state index is 0.342. The van der Waals surface area contributed by atoms with Crippen LogP contribution in [0, 0.1) is 6.92 Å². The van der Waals surface area contributed by atoms with Crippen LogP contribution in [0.4, 0.5) is 29.0 Å². The van der Waals surface area contributed by atoms with E-state index in [-0.39, 0.29) is 0 Å². The fraction of sp³-hybridized carbons (Fsp3) is 0.333. The van der Waals surface area contributed by atoms with E-state index >= 15 is 0 Å². The molecule has 178 valence electrons. The summed E-state index contributed by atoms with van der Waals surface area (Å²) >= 11 is 0. The van der Waals surface area contributed by atoms with Crippen LogP contribution in [0.1, 0.15) is 15.9 Å². The Morgan fingerprint density at radius 3 is 2.62 bits per heavy atom. The van der Waals surface area contributed by atoms with Gasteiger partial charge in [-0.3, -0.25) is 9.48 Å². The number of aromatic nitrogens is 4. The largest absolute Gasteiger partial charge is 0.369 e. The van der Waals surface area contributed by atoms with Gasteiger partial charge in [-0.15, -0.1) is 6.58 Å². The van der Waals surface area contributed by atoms with E-state index in [9.17, 15) is 4.79 Å². The molecular formula is C24H31N9O. The van der Waals surface area contributed by atoms with Crippen LogP contribution in [0.5, 0.6) is 0 Å². The second-order valence-corrected chi connectivity index (χ2v) is 8.34. The van der Waals surface area contributed by atoms with E-state index in [4.69, 9.17) is 0 Å². The number of anilines is 5. The van der Waals surface area contributed by atoms with Gasteiger partial charge >= 0.3 is 0 Å². The van der Waals surface area contributed by atoms with E-state index in [0.717, 1.165) is 38.2 Å². The number of benzene rings is 1. The number of piperazine rings is 1. The van der Waals surface area contributed by atoms with Gasteiger partial charge in [-0.05, 0) is 37.7 Å². The van der Waals surface area contributed by atoms with Crippen LogP contribution in [0.2, 0.25) is 0 Å². The third kappa shape index (κ3) is 5.24. The Kier molecular flexibility index (Phi) is 7.19. The maximum absolute atomic E-state index is 11.8. The van der Waals surface area contributed by atoms with Crippen molar-refractivity contribution >= 4 is 35.2 Å². The van der Waals surface area contributed by atoms with Gasteiger partial charge in [0.1, 0.15) is 0 Å². The summed E-state index contributed by atoms with van der Waals surface area (Å²) in [6, 6.07) is 8.09. The smallest absolute Gasteiger partial charge is 0.229 e. The Balaban J connectivity index is 1.59. The zero-order valence-corrected chi connectivity index (χ0v) is 19.9. The molecule has 0 atom stereocenters. The van der Waals surface area contributed by atoms with Gasteiger partial charge in [0, 0.05) is 69.6 Å². The molecule has 2 N–H and O–H groups in total. The first-order valence-corrected chi connectivity index (χ1v) is 11.3. The highest BCUT2D eigenvalue weighted by Crippen LogP contribution is 2.28. The topological polar surface area (TPSA) is 94.5 Å². The first-order chi connectivity index (χ1) is 16.5. The number of carbonyl (C=O) groups excluding carboxylic acids is 1. The average Bonchev–Trinajstić information content (AvgIpc) is 3.26. The summed E-state index contributed by atoms with van der Waals surface area (Å²) in [5.74, 6) is 1.39. The molecule has 0 radical (unpaired) electrons. The highest BCUT2D eigenvalue weighted by molar-refractivity contribution is 5.84. The predicted molar refractivity (Wildman–Crippen MR) is 135 cm³/mol. The van der Waals surface area contributed by atoms with Crippen LogP contribution in [0.15, 0.2) is 49.3 Å². The number of hydrogen-bond donors (Lipinski definition) is 2. The Labute approximate surface area is 199 Å². The summed E-state index contributed by atoms with van der Waals surface area (Å²) in [6.45, 7) is 10.5. The van der Waals surface area contributed by atoms with Crippen molar-refractivity contribution in [3.05, 3.63) is 60.4 Å². The van der Waals surface area contributed by atoms with Crippen molar-refractivity contribution < 1.29 is 4.79 Å². The van der Waals surface area contributed by atoms with Crippen LogP contribution in [-0.2, 0) is 7.05 Å². The van der Waals surface area contributed by atoms with Crippen LogP contribution in [-0.4, -0.2) is 70.7 Å². The van der Waals surface area contributed by atoms with Gasteiger partial charge in [-0.1, -0.05) is 6.08 Å². The minimum Gasteiger partial charge on any atom is -0.369 e. The molecule has 1 aliphatic rings. The quantitative estimate of drug-likeness (QED) is 0.283. The molecule has 3 aromatic rings. The molecule has 1 aliphatic heterocycles. The van der Waals surface area contributed by atoms with Gasteiger partial charge in [0.15, 0.2) is 17.9 Å². The Morgan fingerprint density at radius 2 is 1.97 bits per heavy atom. The molecule has 0 spiro atoms. The van der Waals surface area contributed by atoms with E-state index < -0.39 is 0 Å². The normalized spacial score (nSPS) is 14.1. The SMILES string of the molecule is C=CCNN(c1ccn(C)n1)c1nc(Nc2ccc(N3CCN(C)CC3)c(C)c2)ncc1C=O. The Morgan fingerprint density at radius 1 is 1.18 bits per heavy atom. The van der Waals surface area contributed by atoms with Crippen molar-refractivity contribution in [1.29, 1.82) is 0 Å². The highest BCUT2D eigenvalue weighted by Gasteiger charge is 2.19. The van der Waals surface area contributed by atoms with Gasteiger partial charge in [0.2, 0.25) is 5.95 Å². The molecule has 1 saturated heterocycles. The molecule has 0 saturated carbocycles. The first kappa shape index (κ1) is 23.4. The van der Waals surface area contributed by atoms with E-state index in [2.05, 4.69) is 68.3 Å². The van der Waals surface area contributed by atoms with Gasteiger partial charge in [0.25, 0.3) is 0 Å². The molecule has 1 fully saturated rings. The molecule has 0 unspecified atom stereocenters. The molecule has 0 aliphatic carbocycles. The second-order valence-electron chi connectivity index (χ2n) is 8.34. The number of carbonyl (C=O) groups is 1. The maximum atomic E-state index is 11.8. The lowest BCUT2D eigenvalue weighted by atomic mass is 10.1. The lowest BCUT2D eigenvalue weighted by molar-refractivity contribution is 0.112. The molecule has 34 heavy (non-hydrogen) atoms. The van der Waals surface area contributed by atoms with Crippen molar-refractivity contribution in [2.24, 2.45) is 7.05 Å². The van der Waals surface area contributed by atoms with Gasteiger partial charge in [-0.2, -0.15) is 10.1 Å². The van der Waals surface area contributed by atoms with Crippen molar-refractivity contribution in [2.75, 3.05) is 55.0 Å². The number of likely N-dealkylation sites (N-methyl/N-ethyl adjacent to an activating group) is 1. The van der Waals surface area contributed by atoms with Crippen molar-refractivity contribution in [1.82, 2.24) is 30.1 Å². The number of nitrogens with one attached hydrogen (secondary N) is 2. The number of hydrogen-bond acceptors (Lipinski definition) is 9. The standard InChI is InChI=1S/C24H31N9O/c1-5-9-26-33(22-8-10-31(4)29-22)23-19(17-34)16-25-24(28-23)27-20-6-7-21(18(2)15-20)32-13-11-30(3)12-14-32/h5-8,10,15-17,26H,1,9,11-14H2,2-4H3,(H,25,27,28). The molecule has 0 bridgehead atoms. The number of aryl methyl sites for hydroxylation is 2. The lowest BCUT2D eigenvalue weighted by Crippen LogP contribution is -2.44. The summed E-state index contributed by atoms with van der Waals surface area (Å²) in [5.41, 5.74) is 6.84. The highest BCUT2D eigenvalue weighted by atomic mass is 16.1. The summed E-state index contributed by atoms with van der Waals surface area (Å²) in [4.78, 5) is 25.5. The first-order valence-electron chi connectivity index (χ1n) is 11.3. The summed E-state index contributed by atoms with van der Waals surface area (Å²) in [7, 11) is 3.99. The molecule has 3 heterocycles. The van der Waals surface area contributed by atoms with E-state index in [1.54, 1.807) is 15.8 Å². The lowest BCUT2D eigenvalue weighted by Gasteiger charge is -2.35.